The van der Waals surface area contributed by atoms with Crippen molar-refractivity contribution >= 4 is 0 Å². The summed E-state index contributed by atoms with van der Waals surface area (Å²) in [7, 11) is 0. The van der Waals surface area contributed by atoms with Gasteiger partial charge in [-0.3, -0.25) is 0 Å². The number of ether oxygens (including phenoxy) is 1. The highest BCUT2D eigenvalue weighted by Gasteiger charge is 2.64. The maximum Gasteiger partial charge on any atom is 0.0980 e. The van der Waals surface area contributed by atoms with Gasteiger partial charge in [0.05, 0.1) is 16.8 Å². The molecule has 2 nitrogen and oxygen atoms in total. The fraction of sp³-hybridized carbons (Fsp3) is 1.00. The second-order valence-electron chi connectivity index (χ2n) is 7.90. The Morgan fingerprint density at radius 3 is 2.06 bits per heavy atom. The summed E-state index contributed by atoms with van der Waals surface area (Å²) >= 11 is 0. The van der Waals surface area contributed by atoms with Crippen molar-refractivity contribution in [3.8, 4) is 0 Å². The lowest BCUT2D eigenvalue weighted by Gasteiger charge is -2.65. The highest BCUT2D eigenvalue weighted by molar-refractivity contribution is 5.15. The highest BCUT2D eigenvalue weighted by atomic mass is 16.5. The van der Waals surface area contributed by atoms with E-state index >= 15 is 0 Å². The van der Waals surface area contributed by atoms with Crippen LogP contribution in [0.25, 0.3) is 0 Å². The summed E-state index contributed by atoms with van der Waals surface area (Å²) in [4.78, 5) is 0. The summed E-state index contributed by atoms with van der Waals surface area (Å²) in [6, 6.07) is 0. The van der Waals surface area contributed by atoms with Gasteiger partial charge in [0, 0.05) is 0 Å². The van der Waals surface area contributed by atoms with Gasteiger partial charge in [-0.2, -0.15) is 0 Å². The van der Waals surface area contributed by atoms with Crippen LogP contribution < -0.4 is 0 Å². The van der Waals surface area contributed by atoms with Gasteiger partial charge >= 0.3 is 0 Å². The van der Waals surface area contributed by atoms with Crippen molar-refractivity contribution < 1.29 is 9.84 Å². The molecule has 0 saturated heterocycles. The summed E-state index contributed by atoms with van der Waals surface area (Å²) in [5.41, 5.74) is -1.04. The van der Waals surface area contributed by atoms with E-state index < -0.39 is 5.60 Å². The maximum atomic E-state index is 11.0. The second kappa shape index (κ2) is 3.27. The van der Waals surface area contributed by atoms with Crippen LogP contribution in [-0.4, -0.2) is 21.9 Å². The number of rotatable bonds is 1. The molecule has 3 unspecified atom stereocenters. The minimum Gasteiger partial charge on any atom is -0.387 e. The summed E-state index contributed by atoms with van der Waals surface area (Å²) in [6.07, 6.45) is 5.97. The molecule has 0 aromatic rings. The van der Waals surface area contributed by atoms with E-state index in [1.54, 1.807) is 0 Å². The van der Waals surface area contributed by atoms with Gasteiger partial charge in [0.2, 0.25) is 0 Å². The Morgan fingerprint density at radius 2 is 1.59 bits per heavy atom. The highest BCUT2D eigenvalue weighted by Crippen LogP contribution is 2.62. The zero-order valence-electron chi connectivity index (χ0n) is 11.6. The lowest BCUT2D eigenvalue weighted by Crippen LogP contribution is -2.69. The monoisotopic (exact) mass is 238 g/mol. The van der Waals surface area contributed by atoms with Crippen molar-refractivity contribution in [2.45, 2.75) is 76.6 Å². The number of hydrogen-bond donors (Lipinski definition) is 1. The predicted octanol–water partition coefficient (Wildman–Crippen LogP) is 3.13. The average molecular weight is 238 g/mol. The third kappa shape index (κ3) is 1.67. The Bertz CT molecular complexity index is 312. The zero-order valence-corrected chi connectivity index (χ0v) is 11.6. The van der Waals surface area contributed by atoms with E-state index in [4.69, 9.17) is 4.74 Å². The first-order valence-electron chi connectivity index (χ1n) is 7.14. The molecule has 4 bridgehead atoms. The molecular weight excluding hydrogens is 212 g/mol. The van der Waals surface area contributed by atoms with Crippen LogP contribution in [0, 0.1) is 17.8 Å². The van der Waals surface area contributed by atoms with Crippen LogP contribution >= 0.6 is 0 Å². The van der Waals surface area contributed by atoms with E-state index in [2.05, 4.69) is 20.8 Å². The summed E-state index contributed by atoms with van der Waals surface area (Å²) < 4.78 is 6.40. The first-order valence-corrected chi connectivity index (χ1v) is 7.14. The molecule has 98 valence electrons. The predicted molar refractivity (Wildman–Crippen MR) is 67.7 cm³/mol. The Balaban J connectivity index is 1.96. The van der Waals surface area contributed by atoms with Gasteiger partial charge in [-0.25, -0.2) is 0 Å². The molecule has 17 heavy (non-hydrogen) atoms. The molecule has 4 aliphatic carbocycles. The molecule has 3 atom stereocenters. The van der Waals surface area contributed by atoms with Crippen LogP contribution in [0.2, 0.25) is 0 Å². The van der Waals surface area contributed by atoms with Crippen LogP contribution in [-0.2, 0) is 4.74 Å². The molecule has 4 rings (SSSR count). The van der Waals surface area contributed by atoms with Gasteiger partial charge in [0.15, 0.2) is 0 Å². The van der Waals surface area contributed by atoms with E-state index in [0.717, 1.165) is 24.7 Å². The van der Waals surface area contributed by atoms with Gasteiger partial charge < -0.3 is 9.84 Å². The molecular formula is C15H26O2. The lowest BCUT2D eigenvalue weighted by atomic mass is 9.48. The molecule has 0 amide bonds. The Hall–Kier alpha value is -0.0800. The van der Waals surface area contributed by atoms with E-state index in [1.165, 1.54) is 19.3 Å². The molecule has 0 aromatic carbocycles. The van der Waals surface area contributed by atoms with Crippen LogP contribution in [0.15, 0.2) is 0 Å². The molecule has 0 aromatic heterocycles. The number of aliphatic hydroxyl groups is 1. The third-order valence-electron chi connectivity index (χ3n) is 5.36. The lowest BCUT2D eigenvalue weighted by molar-refractivity contribution is -0.304. The van der Waals surface area contributed by atoms with Crippen molar-refractivity contribution in [2.75, 3.05) is 0 Å². The summed E-state index contributed by atoms with van der Waals surface area (Å²) in [5.74, 6) is 2.07. The Kier molecular flexibility index (Phi) is 2.30. The summed E-state index contributed by atoms with van der Waals surface area (Å²) in [6.45, 7) is 8.37. The Morgan fingerprint density at radius 1 is 1.06 bits per heavy atom. The van der Waals surface area contributed by atoms with E-state index in [9.17, 15) is 5.11 Å². The van der Waals surface area contributed by atoms with Crippen LogP contribution in [0.5, 0.6) is 0 Å². The smallest absolute Gasteiger partial charge is 0.0980 e. The fourth-order valence-corrected chi connectivity index (χ4v) is 4.93. The van der Waals surface area contributed by atoms with E-state index in [0.29, 0.717) is 5.92 Å². The topological polar surface area (TPSA) is 29.5 Å². The molecule has 4 fully saturated rings. The van der Waals surface area contributed by atoms with Crippen molar-refractivity contribution in [2.24, 2.45) is 17.8 Å². The average Bonchev–Trinajstić information content (AvgIpc) is 2.10. The molecule has 4 saturated carbocycles. The van der Waals surface area contributed by atoms with Crippen LogP contribution in [0.4, 0.5) is 0 Å². The first-order chi connectivity index (χ1) is 7.72. The minimum absolute atomic E-state index is 0.157. The van der Waals surface area contributed by atoms with Crippen molar-refractivity contribution in [3.63, 3.8) is 0 Å². The molecule has 1 N–H and O–H groups in total. The SMILES string of the molecule is CC(C)(C)OC12CC3CC(CC(C3)C1(C)O)C2. The summed E-state index contributed by atoms with van der Waals surface area (Å²) in [5, 5.41) is 11.0. The molecule has 4 aliphatic rings. The zero-order chi connectivity index (χ0) is 12.5. The van der Waals surface area contributed by atoms with Crippen molar-refractivity contribution in [1.82, 2.24) is 0 Å². The van der Waals surface area contributed by atoms with Gasteiger partial charge in [-0.1, -0.05) is 0 Å². The standard InChI is InChI=1S/C15H26O2/c1-13(2,3)17-15-8-10-5-11(9-15)7-12(6-10)14(15,4)16/h10-12,16H,5-9H2,1-4H3. The van der Waals surface area contributed by atoms with Gasteiger partial charge in [-0.15, -0.1) is 0 Å². The van der Waals surface area contributed by atoms with Crippen LogP contribution in [0.3, 0.4) is 0 Å². The normalized spacial score (nSPS) is 53.1. The molecule has 0 spiro atoms. The molecule has 0 heterocycles. The third-order valence-corrected chi connectivity index (χ3v) is 5.36. The van der Waals surface area contributed by atoms with Crippen molar-refractivity contribution in [3.05, 3.63) is 0 Å². The molecule has 2 heteroatoms. The maximum absolute atomic E-state index is 11.0. The largest absolute Gasteiger partial charge is 0.387 e. The van der Waals surface area contributed by atoms with E-state index in [1.807, 2.05) is 6.92 Å². The molecule has 0 radical (unpaired) electrons. The van der Waals surface area contributed by atoms with Gasteiger partial charge in [0.25, 0.3) is 0 Å². The van der Waals surface area contributed by atoms with Crippen LogP contribution in [0.1, 0.15) is 59.8 Å². The number of hydrogen-bond acceptors (Lipinski definition) is 2. The van der Waals surface area contributed by atoms with E-state index in [-0.39, 0.29) is 11.2 Å². The molecule has 0 aliphatic heterocycles. The van der Waals surface area contributed by atoms with Gasteiger partial charge in [-0.05, 0) is 77.6 Å². The second-order valence-corrected chi connectivity index (χ2v) is 7.90. The Labute approximate surface area is 105 Å². The van der Waals surface area contributed by atoms with Crippen molar-refractivity contribution in [1.29, 1.82) is 0 Å². The first kappa shape index (κ1) is 12.0. The van der Waals surface area contributed by atoms with Gasteiger partial charge in [0.1, 0.15) is 0 Å². The minimum atomic E-state index is -0.617. The fourth-order valence-electron chi connectivity index (χ4n) is 4.93. The quantitative estimate of drug-likeness (QED) is 0.760.